The van der Waals surface area contributed by atoms with Crippen LogP contribution in [0.2, 0.25) is 0 Å². The van der Waals surface area contributed by atoms with Gasteiger partial charge in [-0.2, -0.15) is 0 Å². The first-order chi connectivity index (χ1) is 8.91. The van der Waals surface area contributed by atoms with E-state index in [2.05, 4.69) is 10.6 Å². The summed E-state index contributed by atoms with van der Waals surface area (Å²) in [5.74, 6) is -2.15. The van der Waals surface area contributed by atoms with E-state index < -0.39 is 11.9 Å². The second-order valence-corrected chi connectivity index (χ2v) is 3.44. The van der Waals surface area contributed by atoms with Crippen molar-refractivity contribution in [3.63, 3.8) is 0 Å². The quantitative estimate of drug-likeness (QED) is 0.614. The number of benzene rings is 1. The Hall–Kier alpha value is -2.41. The van der Waals surface area contributed by atoms with Crippen LogP contribution in [0, 0.1) is 0 Å². The highest BCUT2D eigenvalue weighted by Gasteiger charge is 1.97. The Kier molecular flexibility index (Phi) is 8.38. The molecule has 0 spiro atoms. The summed E-state index contributed by atoms with van der Waals surface area (Å²) in [5.41, 5.74) is 0.843. The van der Waals surface area contributed by atoms with Crippen molar-refractivity contribution < 1.29 is 24.6 Å². The Labute approximate surface area is 110 Å². The molecular formula is C12H16N2O5. The third-order valence-corrected chi connectivity index (χ3v) is 1.65. The fourth-order valence-corrected chi connectivity index (χ4v) is 1.00. The van der Waals surface area contributed by atoms with Crippen LogP contribution in [0.4, 0.5) is 5.69 Å². The zero-order valence-corrected chi connectivity index (χ0v) is 10.4. The lowest BCUT2D eigenvalue weighted by Gasteiger charge is -1.98. The first-order valence-corrected chi connectivity index (χ1v) is 5.38. The largest absolute Gasteiger partial charge is 0.480 e. The van der Waals surface area contributed by atoms with Crippen LogP contribution in [0.3, 0.4) is 0 Å². The van der Waals surface area contributed by atoms with Crippen LogP contribution < -0.4 is 10.6 Å². The summed E-state index contributed by atoms with van der Waals surface area (Å²) in [4.78, 5) is 30.0. The summed E-state index contributed by atoms with van der Waals surface area (Å²) in [6, 6.07) is 9.37. The average Bonchev–Trinajstić information content (AvgIpc) is 2.29. The molecule has 0 saturated carbocycles. The van der Waals surface area contributed by atoms with Crippen LogP contribution in [-0.4, -0.2) is 41.1 Å². The lowest BCUT2D eigenvalue weighted by molar-refractivity contribution is -0.137. The molecule has 0 atom stereocenters. The fourth-order valence-electron chi connectivity index (χ4n) is 1.00. The number of aliphatic carboxylic acids is 2. The number of anilines is 1. The van der Waals surface area contributed by atoms with Gasteiger partial charge in [-0.15, -0.1) is 0 Å². The van der Waals surface area contributed by atoms with Gasteiger partial charge < -0.3 is 15.5 Å². The fraction of sp³-hybridized carbons (Fsp3) is 0.250. The van der Waals surface area contributed by atoms with Crippen molar-refractivity contribution in [2.75, 3.05) is 18.4 Å². The number of rotatable bonds is 5. The highest BCUT2D eigenvalue weighted by atomic mass is 16.4. The third kappa shape index (κ3) is 11.8. The van der Waals surface area contributed by atoms with E-state index in [0.717, 1.165) is 5.69 Å². The van der Waals surface area contributed by atoms with Gasteiger partial charge >= 0.3 is 11.9 Å². The van der Waals surface area contributed by atoms with E-state index in [1.165, 1.54) is 6.92 Å². The number of carbonyl (C=O) groups is 3. The van der Waals surface area contributed by atoms with Crippen LogP contribution in [0.1, 0.15) is 6.92 Å². The SMILES string of the molecule is CC(=O)Nc1ccccc1.O=C(O)CNCC(=O)O. The second kappa shape index (κ2) is 9.60. The molecule has 0 aliphatic carbocycles. The first-order valence-electron chi connectivity index (χ1n) is 5.38. The van der Waals surface area contributed by atoms with Crippen LogP contribution in [0.15, 0.2) is 30.3 Å². The monoisotopic (exact) mass is 268 g/mol. The smallest absolute Gasteiger partial charge is 0.317 e. The summed E-state index contributed by atoms with van der Waals surface area (Å²) in [7, 11) is 0. The molecule has 0 unspecified atom stereocenters. The van der Waals surface area contributed by atoms with Crippen LogP contribution >= 0.6 is 0 Å². The van der Waals surface area contributed by atoms with Crippen molar-refractivity contribution in [3.8, 4) is 0 Å². The molecule has 7 heteroatoms. The molecule has 104 valence electrons. The van der Waals surface area contributed by atoms with Gasteiger partial charge in [-0.05, 0) is 12.1 Å². The molecule has 1 aromatic carbocycles. The van der Waals surface area contributed by atoms with Crippen molar-refractivity contribution in [2.24, 2.45) is 0 Å². The van der Waals surface area contributed by atoms with Gasteiger partial charge in [-0.1, -0.05) is 18.2 Å². The number of para-hydroxylation sites is 1. The summed E-state index contributed by atoms with van der Waals surface area (Å²) in [6.45, 7) is 0.867. The van der Waals surface area contributed by atoms with E-state index in [9.17, 15) is 14.4 Å². The molecule has 0 aromatic heterocycles. The van der Waals surface area contributed by atoms with Gasteiger partial charge in [0.2, 0.25) is 5.91 Å². The summed E-state index contributed by atoms with van der Waals surface area (Å²) >= 11 is 0. The molecule has 1 aromatic rings. The molecule has 0 saturated heterocycles. The van der Waals surface area contributed by atoms with E-state index in [-0.39, 0.29) is 19.0 Å². The average molecular weight is 268 g/mol. The van der Waals surface area contributed by atoms with Crippen molar-refractivity contribution in [2.45, 2.75) is 6.92 Å². The number of carboxylic acid groups (broad SMARTS) is 2. The van der Waals surface area contributed by atoms with E-state index >= 15 is 0 Å². The molecule has 0 heterocycles. The Morgan fingerprint density at radius 1 is 1.00 bits per heavy atom. The first kappa shape index (κ1) is 16.6. The predicted molar refractivity (Wildman–Crippen MR) is 68.9 cm³/mol. The van der Waals surface area contributed by atoms with E-state index in [1.807, 2.05) is 30.3 Å². The van der Waals surface area contributed by atoms with E-state index in [4.69, 9.17) is 10.2 Å². The summed E-state index contributed by atoms with van der Waals surface area (Å²) in [6.07, 6.45) is 0. The molecule has 7 nitrogen and oxygen atoms in total. The number of carboxylic acids is 2. The van der Waals surface area contributed by atoms with Crippen molar-refractivity contribution >= 4 is 23.5 Å². The maximum absolute atomic E-state index is 10.5. The standard InChI is InChI=1S/C8H9NO.C4H7NO4/c1-7(10)9-8-5-3-2-4-6-8;6-3(7)1-5-2-4(8)9/h2-6H,1H3,(H,9,10);5H,1-2H2,(H,6,7)(H,8,9). The van der Waals surface area contributed by atoms with E-state index in [1.54, 1.807) is 0 Å². The molecule has 0 aliphatic heterocycles. The molecule has 0 aliphatic rings. The minimum absolute atomic E-state index is 0.0359. The summed E-state index contributed by atoms with van der Waals surface area (Å²) < 4.78 is 0. The number of nitrogens with one attached hydrogen (secondary N) is 2. The predicted octanol–water partition coefficient (Wildman–Crippen LogP) is 0.390. The lowest BCUT2D eigenvalue weighted by Crippen LogP contribution is -2.27. The minimum Gasteiger partial charge on any atom is -0.480 e. The minimum atomic E-state index is -1.06. The topological polar surface area (TPSA) is 116 Å². The normalized spacial score (nSPS) is 8.89. The molecule has 19 heavy (non-hydrogen) atoms. The molecule has 1 rings (SSSR count). The van der Waals surface area contributed by atoms with E-state index in [0.29, 0.717) is 0 Å². The number of amides is 1. The summed E-state index contributed by atoms with van der Waals surface area (Å²) in [5, 5.41) is 20.8. The van der Waals surface area contributed by atoms with Gasteiger partial charge in [0.15, 0.2) is 0 Å². The molecule has 1 amide bonds. The maximum atomic E-state index is 10.5. The van der Waals surface area contributed by atoms with Crippen LogP contribution in [0.25, 0.3) is 0 Å². The van der Waals surface area contributed by atoms with Crippen LogP contribution in [-0.2, 0) is 14.4 Å². The van der Waals surface area contributed by atoms with Crippen molar-refractivity contribution in [3.05, 3.63) is 30.3 Å². The molecular weight excluding hydrogens is 252 g/mol. The van der Waals surface area contributed by atoms with Gasteiger partial charge in [0, 0.05) is 12.6 Å². The highest BCUT2D eigenvalue weighted by Crippen LogP contribution is 2.03. The number of hydrogen-bond donors (Lipinski definition) is 4. The zero-order chi connectivity index (χ0) is 14.7. The molecule has 0 radical (unpaired) electrons. The Bertz CT molecular complexity index is 405. The van der Waals surface area contributed by atoms with Crippen molar-refractivity contribution in [1.29, 1.82) is 0 Å². The van der Waals surface area contributed by atoms with Gasteiger partial charge in [-0.25, -0.2) is 0 Å². The third-order valence-electron chi connectivity index (χ3n) is 1.65. The molecule has 4 N–H and O–H groups in total. The number of hydrogen-bond acceptors (Lipinski definition) is 4. The Morgan fingerprint density at radius 2 is 1.47 bits per heavy atom. The van der Waals surface area contributed by atoms with Gasteiger partial charge in [0.1, 0.15) is 0 Å². The number of carbonyl (C=O) groups excluding carboxylic acids is 1. The molecule has 0 fully saturated rings. The Morgan fingerprint density at radius 3 is 1.84 bits per heavy atom. The molecule has 0 bridgehead atoms. The highest BCUT2D eigenvalue weighted by molar-refractivity contribution is 5.88. The second-order valence-electron chi connectivity index (χ2n) is 3.44. The van der Waals surface area contributed by atoms with Gasteiger partial charge in [-0.3, -0.25) is 19.7 Å². The van der Waals surface area contributed by atoms with Gasteiger partial charge in [0.25, 0.3) is 0 Å². The van der Waals surface area contributed by atoms with Crippen LogP contribution in [0.5, 0.6) is 0 Å². The Balaban J connectivity index is 0.000000344. The van der Waals surface area contributed by atoms with Crippen molar-refractivity contribution in [1.82, 2.24) is 5.32 Å². The van der Waals surface area contributed by atoms with Gasteiger partial charge in [0.05, 0.1) is 13.1 Å². The maximum Gasteiger partial charge on any atom is 0.317 e. The zero-order valence-electron chi connectivity index (χ0n) is 10.4. The lowest BCUT2D eigenvalue weighted by atomic mass is 10.3.